The molecule has 6 nitrogen and oxygen atoms in total. The van der Waals surface area contributed by atoms with E-state index in [4.69, 9.17) is 9.47 Å². The van der Waals surface area contributed by atoms with E-state index in [0.29, 0.717) is 16.8 Å². The predicted molar refractivity (Wildman–Crippen MR) is 94.8 cm³/mol. The first-order valence-electron chi connectivity index (χ1n) is 7.82. The Labute approximate surface area is 145 Å². The van der Waals surface area contributed by atoms with E-state index >= 15 is 0 Å². The second-order valence-corrected chi connectivity index (χ2v) is 6.66. The molecule has 0 aliphatic carbocycles. The molecule has 1 aliphatic heterocycles. The zero-order valence-electron chi connectivity index (χ0n) is 14.0. The molecule has 2 aromatic rings. The van der Waals surface area contributed by atoms with Gasteiger partial charge in [0.1, 0.15) is 11.5 Å². The number of nitrogens with zero attached hydrogens (tertiary/aromatic N) is 1. The fourth-order valence-electron chi connectivity index (χ4n) is 2.57. The van der Waals surface area contributed by atoms with Gasteiger partial charge in [-0.3, -0.25) is 4.79 Å². The van der Waals surface area contributed by atoms with Gasteiger partial charge in [0.15, 0.2) is 5.13 Å². The molecule has 1 fully saturated rings. The lowest BCUT2D eigenvalue weighted by Crippen LogP contribution is -2.48. The van der Waals surface area contributed by atoms with Crippen molar-refractivity contribution < 1.29 is 14.3 Å². The highest BCUT2D eigenvalue weighted by Crippen LogP contribution is 2.35. The Balaban J connectivity index is 1.76. The maximum Gasteiger partial charge on any atom is 0.229 e. The molecule has 128 valence electrons. The van der Waals surface area contributed by atoms with Crippen molar-refractivity contribution in [2.75, 3.05) is 32.6 Å². The van der Waals surface area contributed by atoms with Crippen LogP contribution in [0.3, 0.4) is 0 Å². The highest BCUT2D eigenvalue weighted by Gasteiger charge is 2.29. The van der Waals surface area contributed by atoms with E-state index in [0.717, 1.165) is 30.1 Å². The Bertz CT molecular complexity index is 728. The summed E-state index contributed by atoms with van der Waals surface area (Å²) in [5, 5.41) is 8.61. The fraction of sp³-hybridized carbons (Fsp3) is 0.412. The Morgan fingerprint density at radius 2 is 2.17 bits per heavy atom. The average Bonchev–Trinajstić information content (AvgIpc) is 3.00. The number of carbonyl (C=O) groups excluding carboxylic acids is 1. The van der Waals surface area contributed by atoms with E-state index in [-0.39, 0.29) is 11.8 Å². The molecule has 1 amide bonds. The first-order valence-corrected chi connectivity index (χ1v) is 8.70. The van der Waals surface area contributed by atoms with Crippen molar-refractivity contribution in [3.05, 3.63) is 23.6 Å². The minimum absolute atomic E-state index is 0.0139. The Kier molecular flexibility index (Phi) is 5.01. The summed E-state index contributed by atoms with van der Waals surface area (Å²) in [7, 11) is 3.24. The van der Waals surface area contributed by atoms with Crippen LogP contribution in [-0.2, 0) is 4.79 Å². The number of hydrogen-bond donors (Lipinski definition) is 2. The molecule has 1 atom stereocenters. The zero-order chi connectivity index (χ0) is 17.1. The molecule has 1 aromatic carbocycles. The molecule has 0 radical (unpaired) electrons. The van der Waals surface area contributed by atoms with Crippen LogP contribution in [-0.4, -0.2) is 38.2 Å². The van der Waals surface area contributed by atoms with Gasteiger partial charge in [0.2, 0.25) is 5.91 Å². The molecule has 2 heterocycles. The Hall–Kier alpha value is -2.12. The topological polar surface area (TPSA) is 72.5 Å². The second kappa shape index (κ2) is 7.19. The summed E-state index contributed by atoms with van der Waals surface area (Å²) in [4.78, 5) is 16.8. The monoisotopic (exact) mass is 347 g/mol. The zero-order valence-corrected chi connectivity index (χ0v) is 14.8. The number of anilines is 1. The lowest BCUT2D eigenvalue weighted by molar-refractivity contribution is -0.121. The van der Waals surface area contributed by atoms with Crippen LogP contribution in [0.1, 0.15) is 6.92 Å². The van der Waals surface area contributed by atoms with Gasteiger partial charge in [0.25, 0.3) is 0 Å². The van der Waals surface area contributed by atoms with Crippen LogP contribution in [0.5, 0.6) is 11.5 Å². The molecule has 0 bridgehead atoms. The van der Waals surface area contributed by atoms with Crippen molar-refractivity contribution >= 4 is 22.4 Å². The number of rotatable bonds is 6. The molecule has 1 saturated heterocycles. The summed E-state index contributed by atoms with van der Waals surface area (Å²) < 4.78 is 10.7. The molecule has 1 unspecified atom stereocenters. The van der Waals surface area contributed by atoms with Crippen LogP contribution in [0, 0.1) is 11.8 Å². The van der Waals surface area contributed by atoms with Crippen LogP contribution in [0.15, 0.2) is 23.6 Å². The van der Waals surface area contributed by atoms with Crippen molar-refractivity contribution in [2.24, 2.45) is 11.8 Å². The second-order valence-electron chi connectivity index (χ2n) is 5.80. The molecular formula is C17H21N3O3S. The van der Waals surface area contributed by atoms with Gasteiger partial charge in [-0.05, 0) is 37.2 Å². The number of thiazole rings is 1. The third kappa shape index (κ3) is 3.37. The van der Waals surface area contributed by atoms with Crippen LogP contribution >= 0.6 is 11.3 Å². The van der Waals surface area contributed by atoms with Crippen molar-refractivity contribution in [1.82, 2.24) is 10.3 Å². The smallest absolute Gasteiger partial charge is 0.229 e. The van der Waals surface area contributed by atoms with Crippen molar-refractivity contribution in [3.63, 3.8) is 0 Å². The summed E-state index contributed by atoms with van der Waals surface area (Å²) in [6.07, 6.45) is 0. The minimum Gasteiger partial charge on any atom is -0.497 e. The number of carbonyl (C=O) groups is 1. The van der Waals surface area contributed by atoms with E-state index in [9.17, 15) is 4.79 Å². The lowest BCUT2D eigenvalue weighted by Gasteiger charge is -2.31. The average molecular weight is 347 g/mol. The van der Waals surface area contributed by atoms with E-state index < -0.39 is 0 Å². The third-order valence-corrected chi connectivity index (χ3v) is 5.11. The SMILES string of the molecule is COc1ccc(OC)c(-c2csc(NC(=O)C(C)C3CNC3)n2)c1. The quantitative estimate of drug-likeness (QED) is 0.840. The minimum atomic E-state index is -0.0232. The lowest BCUT2D eigenvalue weighted by atomic mass is 9.88. The van der Waals surface area contributed by atoms with Gasteiger partial charge in [-0.25, -0.2) is 4.98 Å². The predicted octanol–water partition coefficient (Wildman–Crippen LogP) is 2.62. The van der Waals surface area contributed by atoms with Gasteiger partial charge in [-0.1, -0.05) is 6.92 Å². The molecule has 1 aromatic heterocycles. The van der Waals surface area contributed by atoms with Gasteiger partial charge >= 0.3 is 0 Å². The Morgan fingerprint density at radius 3 is 2.79 bits per heavy atom. The molecule has 2 N–H and O–H groups in total. The van der Waals surface area contributed by atoms with E-state index in [1.165, 1.54) is 11.3 Å². The van der Waals surface area contributed by atoms with E-state index in [1.807, 2.05) is 30.5 Å². The normalized spacial score (nSPS) is 15.5. The molecule has 24 heavy (non-hydrogen) atoms. The molecule has 0 spiro atoms. The third-order valence-electron chi connectivity index (χ3n) is 4.35. The van der Waals surface area contributed by atoms with Gasteiger partial charge in [-0.2, -0.15) is 0 Å². The standard InChI is InChI=1S/C17H21N3O3S/c1-10(11-7-18-8-11)16(21)20-17-19-14(9-24-17)13-6-12(22-2)4-5-15(13)23-3/h4-6,9-11,18H,7-8H2,1-3H3,(H,19,20,21). The van der Waals surface area contributed by atoms with Gasteiger partial charge in [-0.15, -0.1) is 11.3 Å². The number of aromatic nitrogens is 1. The molecule has 3 rings (SSSR count). The summed E-state index contributed by atoms with van der Waals surface area (Å²) >= 11 is 1.41. The summed E-state index contributed by atoms with van der Waals surface area (Å²) in [5.74, 6) is 1.84. The van der Waals surface area contributed by atoms with Gasteiger partial charge in [0.05, 0.1) is 19.9 Å². The first kappa shape index (κ1) is 16.7. The first-order chi connectivity index (χ1) is 11.6. The van der Waals surface area contributed by atoms with E-state index in [2.05, 4.69) is 15.6 Å². The molecule has 7 heteroatoms. The Morgan fingerprint density at radius 1 is 1.38 bits per heavy atom. The summed E-state index contributed by atoms with van der Waals surface area (Å²) in [6.45, 7) is 3.76. The van der Waals surface area contributed by atoms with Gasteiger partial charge < -0.3 is 20.1 Å². The maximum atomic E-state index is 12.3. The van der Waals surface area contributed by atoms with Crippen LogP contribution in [0.25, 0.3) is 11.3 Å². The number of benzene rings is 1. The van der Waals surface area contributed by atoms with Crippen LogP contribution < -0.4 is 20.1 Å². The largest absolute Gasteiger partial charge is 0.497 e. The number of methoxy groups -OCH3 is 2. The van der Waals surface area contributed by atoms with Crippen molar-refractivity contribution in [1.29, 1.82) is 0 Å². The number of nitrogens with one attached hydrogen (secondary N) is 2. The highest BCUT2D eigenvalue weighted by molar-refractivity contribution is 7.14. The van der Waals surface area contributed by atoms with E-state index in [1.54, 1.807) is 14.2 Å². The summed E-state index contributed by atoms with van der Waals surface area (Å²) in [6, 6.07) is 5.56. The van der Waals surface area contributed by atoms with Crippen molar-refractivity contribution in [3.8, 4) is 22.8 Å². The summed E-state index contributed by atoms with van der Waals surface area (Å²) in [5.41, 5.74) is 1.59. The van der Waals surface area contributed by atoms with Crippen LogP contribution in [0.4, 0.5) is 5.13 Å². The number of ether oxygens (including phenoxy) is 2. The van der Waals surface area contributed by atoms with Crippen LogP contribution in [0.2, 0.25) is 0 Å². The molecule has 0 saturated carbocycles. The maximum absolute atomic E-state index is 12.3. The number of hydrogen-bond acceptors (Lipinski definition) is 6. The fourth-order valence-corrected chi connectivity index (χ4v) is 3.28. The highest BCUT2D eigenvalue weighted by atomic mass is 32.1. The van der Waals surface area contributed by atoms with Crippen molar-refractivity contribution in [2.45, 2.75) is 6.92 Å². The molecular weight excluding hydrogens is 326 g/mol. The van der Waals surface area contributed by atoms with Gasteiger partial charge in [0, 0.05) is 16.9 Å². The number of amides is 1. The molecule has 1 aliphatic rings.